The molecule has 1 unspecified atom stereocenters. The van der Waals surface area contributed by atoms with E-state index in [1.807, 2.05) is 0 Å². The second kappa shape index (κ2) is 6.04. The van der Waals surface area contributed by atoms with E-state index in [1.165, 1.54) is 27.8 Å². The summed E-state index contributed by atoms with van der Waals surface area (Å²) in [6, 6.07) is 28.5. The Balaban J connectivity index is 1.60. The van der Waals surface area contributed by atoms with E-state index in [-0.39, 0.29) is 0 Å². The number of hydrogen-bond acceptors (Lipinski definition) is 0. The summed E-state index contributed by atoms with van der Waals surface area (Å²) in [6.45, 7) is 2.29. The van der Waals surface area contributed by atoms with Crippen molar-refractivity contribution >= 4 is 0 Å². The minimum atomic E-state index is 0.483. The quantitative estimate of drug-likeness (QED) is 0.538. The molecule has 3 aromatic rings. The van der Waals surface area contributed by atoms with Crippen molar-refractivity contribution in [3.8, 4) is 11.1 Å². The zero-order chi connectivity index (χ0) is 15.6. The number of benzene rings is 3. The lowest BCUT2D eigenvalue weighted by molar-refractivity contribution is 0.731. The van der Waals surface area contributed by atoms with Crippen molar-refractivity contribution in [2.75, 3.05) is 0 Å². The SMILES string of the molecule is CC([CH]CC1c2ccccc2-c2ccccc21)c1ccccc1. The average molecular weight is 297 g/mol. The van der Waals surface area contributed by atoms with Crippen molar-refractivity contribution < 1.29 is 0 Å². The Kier molecular flexibility index (Phi) is 3.75. The Morgan fingerprint density at radius 2 is 1.26 bits per heavy atom. The number of rotatable bonds is 4. The van der Waals surface area contributed by atoms with Crippen LogP contribution >= 0.6 is 0 Å². The van der Waals surface area contributed by atoms with Crippen molar-refractivity contribution in [1.82, 2.24) is 0 Å². The second-order valence-electron chi connectivity index (χ2n) is 6.40. The number of hydrogen-bond donors (Lipinski definition) is 0. The van der Waals surface area contributed by atoms with Gasteiger partial charge in [0.25, 0.3) is 0 Å². The second-order valence-corrected chi connectivity index (χ2v) is 6.40. The molecule has 0 spiro atoms. The molecule has 0 aromatic heterocycles. The van der Waals surface area contributed by atoms with Crippen molar-refractivity contribution in [3.05, 3.63) is 102 Å². The molecule has 0 saturated heterocycles. The van der Waals surface area contributed by atoms with Gasteiger partial charge in [-0.05, 0) is 46.6 Å². The van der Waals surface area contributed by atoms with Crippen LogP contribution in [0.25, 0.3) is 11.1 Å². The normalized spacial score (nSPS) is 14.3. The first-order chi connectivity index (χ1) is 11.3. The molecular formula is C23H21. The summed E-state index contributed by atoms with van der Waals surface area (Å²) in [5, 5.41) is 0. The molecule has 113 valence electrons. The lowest BCUT2D eigenvalue weighted by Gasteiger charge is -2.17. The standard InChI is InChI=1S/C23H21/c1-17(18-9-3-2-4-10-18)15-16-23-21-13-7-5-11-19(21)20-12-6-8-14-22(20)23/h2-15,17,23H,16H2,1H3. The van der Waals surface area contributed by atoms with Crippen molar-refractivity contribution in [2.24, 2.45) is 0 Å². The smallest absolute Gasteiger partial charge is 0.0105 e. The molecule has 1 aliphatic carbocycles. The van der Waals surface area contributed by atoms with E-state index in [0.29, 0.717) is 11.8 Å². The molecule has 0 fully saturated rings. The Morgan fingerprint density at radius 3 is 1.87 bits per heavy atom. The predicted octanol–water partition coefficient (Wildman–Crippen LogP) is 6.20. The van der Waals surface area contributed by atoms with E-state index in [9.17, 15) is 0 Å². The predicted molar refractivity (Wildman–Crippen MR) is 97.5 cm³/mol. The molecule has 0 nitrogen and oxygen atoms in total. The van der Waals surface area contributed by atoms with Gasteiger partial charge in [0.05, 0.1) is 0 Å². The highest BCUT2D eigenvalue weighted by Crippen LogP contribution is 2.47. The van der Waals surface area contributed by atoms with Gasteiger partial charge in [-0.1, -0.05) is 85.8 Å². The van der Waals surface area contributed by atoms with Gasteiger partial charge in [0, 0.05) is 5.92 Å². The lowest BCUT2D eigenvalue weighted by Crippen LogP contribution is -2.01. The van der Waals surface area contributed by atoms with Gasteiger partial charge >= 0.3 is 0 Å². The first kappa shape index (κ1) is 14.3. The van der Waals surface area contributed by atoms with Gasteiger partial charge in [-0.25, -0.2) is 0 Å². The van der Waals surface area contributed by atoms with Crippen LogP contribution in [0.2, 0.25) is 0 Å². The molecule has 1 radical (unpaired) electrons. The minimum Gasteiger partial charge on any atom is -0.0622 e. The first-order valence-electron chi connectivity index (χ1n) is 8.41. The molecule has 0 N–H and O–H groups in total. The topological polar surface area (TPSA) is 0 Å². The summed E-state index contributed by atoms with van der Waals surface area (Å²) in [6.07, 6.45) is 3.56. The molecule has 3 aromatic carbocycles. The maximum absolute atomic E-state index is 2.47. The molecule has 0 bridgehead atoms. The molecule has 0 aliphatic heterocycles. The third kappa shape index (κ3) is 2.59. The van der Waals surface area contributed by atoms with E-state index in [0.717, 1.165) is 6.42 Å². The summed E-state index contributed by atoms with van der Waals surface area (Å²) >= 11 is 0. The molecule has 1 aliphatic rings. The van der Waals surface area contributed by atoms with Crippen LogP contribution in [0.4, 0.5) is 0 Å². The highest BCUT2D eigenvalue weighted by Gasteiger charge is 2.27. The minimum absolute atomic E-state index is 0.483. The fourth-order valence-electron chi connectivity index (χ4n) is 3.75. The van der Waals surface area contributed by atoms with Gasteiger partial charge in [-0.3, -0.25) is 0 Å². The maximum atomic E-state index is 2.47. The van der Waals surface area contributed by atoms with Crippen LogP contribution in [-0.2, 0) is 0 Å². The van der Waals surface area contributed by atoms with E-state index in [2.05, 4.69) is 92.2 Å². The zero-order valence-electron chi connectivity index (χ0n) is 13.4. The Morgan fingerprint density at radius 1 is 0.739 bits per heavy atom. The molecule has 0 heteroatoms. The van der Waals surface area contributed by atoms with Gasteiger partial charge in [0.15, 0.2) is 0 Å². The Bertz CT molecular complexity index is 756. The summed E-state index contributed by atoms with van der Waals surface area (Å²) in [5.41, 5.74) is 7.17. The zero-order valence-corrected chi connectivity index (χ0v) is 13.4. The molecular weight excluding hydrogens is 276 g/mol. The largest absolute Gasteiger partial charge is 0.0622 e. The van der Waals surface area contributed by atoms with Gasteiger partial charge in [-0.2, -0.15) is 0 Å². The van der Waals surface area contributed by atoms with Crippen molar-refractivity contribution in [2.45, 2.75) is 25.2 Å². The Hall–Kier alpha value is -2.34. The van der Waals surface area contributed by atoms with E-state index in [4.69, 9.17) is 0 Å². The fourth-order valence-corrected chi connectivity index (χ4v) is 3.75. The molecule has 0 heterocycles. The van der Waals surface area contributed by atoms with E-state index < -0.39 is 0 Å². The fraction of sp³-hybridized carbons (Fsp3) is 0.174. The monoisotopic (exact) mass is 297 g/mol. The Labute approximate surface area is 138 Å². The van der Waals surface area contributed by atoms with Crippen LogP contribution in [0.3, 0.4) is 0 Å². The third-order valence-electron chi connectivity index (χ3n) is 5.01. The summed E-state index contributed by atoms with van der Waals surface area (Å²) in [7, 11) is 0. The van der Waals surface area contributed by atoms with Gasteiger partial charge in [0.1, 0.15) is 0 Å². The molecule has 1 atom stereocenters. The van der Waals surface area contributed by atoms with Crippen molar-refractivity contribution in [3.63, 3.8) is 0 Å². The molecule has 23 heavy (non-hydrogen) atoms. The summed E-state index contributed by atoms with van der Waals surface area (Å²) in [4.78, 5) is 0. The average Bonchev–Trinajstić information content (AvgIpc) is 2.94. The maximum Gasteiger partial charge on any atom is 0.0105 e. The van der Waals surface area contributed by atoms with Crippen LogP contribution in [-0.4, -0.2) is 0 Å². The van der Waals surface area contributed by atoms with Crippen LogP contribution in [0.1, 0.15) is 41.9 Å². The highest BCUT2D eigenvalue weighted by atomic mass is 14.3. The number of fused-ring (bicyclic) bond motifs is 3. The van der Waals surface area contributed by atoms with E-state index in [1.54, 1.807) is 0 Å². The lowest BCUT2D eigenvalue weighted by atomic mass is 9.87. The molecule has 4 rings (SSSR count). The highest BCUT2D eigenvalue weighted by molar-refractivity contribution is 5.78. The van der Waals surface area contributed by atoms with Gasteiger partial charge in [-0.15, -0.1) is 0 Å². The van der Waals surface area contributed by atoms with Crippen LogP contribution < -0.4 is 0 Å². The van der Waals surface area contributed by atoms with Crippen LogP contribution in [0.5, 0.6) is 0 Å². The van der Waals surface area contributed by atoms with Gasteiger partial charge in [0.2, 0.25) is 0 Å². The summed E-state index contributed by atoms with van der Waals surface area (Å²) in [5.74, 6) is 0.977. The third-order valence-corrected chi connectivity index (χ3v) is 5.01. The first-order valence-corrected chi connectivity index (χ1v) is 8.41. The van der Waals surface area contributed by atoms with E-state index >= 15 is 0 Å². The molecule has 0 amide bonds. The van der Waals surface area contributed by atoms with Gasteiger partial charge < -0.3 is 0 Å². The molecule has 0 saturated carbocycles. The summed E-state index contributed by atoms with van der Waals surface area (Å²) < 4.78 is 0. The van der Waals surface area contributed by atoms with Crippen LogP contribution in [0, 0.1) is 6.42 Å². The van der Waals surface area contributed by atoms with Crippen LogP contribution in [0.15, 0.2) is 78.9 Å². The van der Waals surface area contributed by atoms with Crippen molar-refractivity contribution in [1.29, 1.82) is 0 Å².